The second-order valence-electron chi connectivity index (χ2n) is 8.31. The number of benzene rings is 1. The lowest BCUT2D eigenvalue weighted by atomic mass is 9.90. The molecule has 2 aromatic rings. The molecule has 6 heteroatoms. The van der Waals surface area contributed by atoms with Crippen molar-refractivity contribution in [3.8, 4) is 0 Å². The van der Waals surface area contributed by atoms with Crippen molar-refractivity contribution in [1.82, 2.24) is 25.3 Å². The van der Waals surface area contributed by atoms with E-state index < -0.39 is 0 Å². The zero-order chi connectivity index (χ0) is 20.2. The minimum atomic E-state index is -0.0664. The van der Waals surface area contributed by atoms with Crippen LogP contribution in [0.1, 0.15) is 53.5 Å². The summed E-state index contributed by atoms with van der Waals surface area (Å²) >= 11 is 0. The molecule has 0 saturated carbocycles. The molecule has 1 aliphatic carbocycles. The van der Waals surface area contributed by atoms with E-state index in [9.17, 15) is 4.79 Å². The summed E-state index contributed by atoms with van der Waals surface area (Å²) in [6.45, 7) is 6.24. The molecule has 2 aliphatic rings. The molecule has 29 heavy (non-hydrogen) atoms. The van der Waals surface area contributed by atoms with Gasteiger partial charge in [-0.2, -0.15) is 5.10 Å². The van der Waals surface area contributed by atoms with E-state index in [0.29, 0.717) is 17.8 Å². The predicted octanol–water partition coefficient (Wildman–Crippen LogP) is 2.37. The Balaban J connectivity index is 1.33. The highest BCUT2D eigenvalue weighted by Crippen LogP contribution is 2.26. The van der Waals surface area contributed by atoms with Gasteiger partial charge in [-0.1, -0.05) is 30.3 Å². The fourth-order valence-electron chi connectivity index (χ4n) is 4.83. The summed E-state index contributed by atoms with van der Waals surface area (Å²) < 4.78 is 2.01. The first-order valence-corrected chi connectivity index (χ1v) is 11.0. The van der Waals surface area contributed by atoms with Gasteiger partial charge in [0.25, 0.3) is 5.91 Å². The largest absolute Gasteiger partial charge is 0.354 e. The van der Waals surface area contributed by atoms with Crippen LogP contribution in [0.2, 0.25) is 0 Å². The number of nitrogens with zero attached hydrogens (tertiary/aromatic N) is 3. The number of carbonyl (C=O) groups is 1. The Kier molecular flexibility index (Phi) is 6.31. The van der Waals surface area contributed by atoms with Gasteiger partial charge in [-0.05, 0) is 57.7 Å². The first kappa shape index (κ1) is 20.1. The second kappa shape index (κ2) is 9.09. The minimum absolute atomic E-state index is 0.0664. The molecule has 1 aromatic carbocycles. The molecule has 1 amide bonds. The molecule has 1 saturated heterocycles. The maximum absolute atomic E-state index is 12.3. The number of aromatic nitrogens is 2. The van der Waals surface area contributed by atoms with Crippen LogP contribution >= 0.6 is 0 Å². The Bertz CT molecular complexity index is 823. The number of hydrogen-bond donors (Lipinski definition) is 2. The summed E-state index contributed by atoms with van der Waals surface area (Å²) in [7, 11) is 1.68. The molecule has 4 rings (SSSR count). The van der Waals surface area contributed by atoms with E-state index in [4.69, 9.17) is 0 Å². The van der Waals surface area contributed by atoms with Crippen LogP contribution in [0.25, 0.3) is 0 Å². The molecule has 2 N–H and O–H groups in total. The van der Waals surface area contributed by atoms with E-state index in [0.717, 1.165) is 51.0 Å². The van der Waals surface area contributed by atoms with E-state index in [-0.39, 0.29) is 5.91 Å². The van der Waals surface area contributed by atoms with Crippen LogP contribution < -0.4 is 10.6 Å². The van der Waals surface area contributed by atoms with Crippen molar-refractivity contribution in [2.45, 2.75) is 64.2 Å². The number of carbonyl (C=O) groups excluding carboxylic acids is 1. The van der Waals surface area contributed by atoms with Crippen LogP contribution in [-0.2, 0) is 25.9 Å². The Morgan fingerprint density at radius 2 is 1.90 bits per heavy atom. The predicted molar refractivity (Wildman–Crippen MR) is 115 cm³/mol. The first-order chi connectivity index (χ1) is 14.2. The average molecular weight is 396 g/mol. The molecule has 1 aliphatic heterocycles. The smallest absolute Gasteiger partial charge is 0.271 e. The lowest BCUT2D eigenvalue weighted by Gasteiger charge is -2.35. The van der Waals surface area contributed by atoms with Crippen molar-refractivity contribution in [2.24, 2.45) is 0 Å². The average Bonchev–Trinajstić information content (AvgIpc) is 3.13. The van der Waals surface area contributed by atoms with Gasteiger partial charge < -0.3 is 10.6 Å². The fraction of sp³-hybridized carbons (Fsp3) is 0.565. The summed E-state index contributed by atoms with van der Waals surface area (Å²) in [5, 5.41) is 11.2. The molecule has 0 bridgehead atoms. The van der Waals surface area contributed by atoms with Crippen molar-refractivity contribution in [3.05, 3.63) is 52.8 Å². The third kappa shape index (κ3) is 4.54. The zero-order valence-electron chi connectivity index (χ0n) is 17.7. The van der Waals surface area contributed by atoms with Gasteiger partial charge >= 0.3 is 0 Å². The van der Waals surface area contributed by atoms with Crippen molar-refractivity contribution >= 4 is 5.91 Å². The lowest BCUT2D eigenvalue weighted by Crippen LogP contribution is -2.47. The van der Waals surface area contributed by atoms with Gasteiger partial charge in [-0.15, -0.1) is 0 Å². The summed E-state index contributed by atoms with van der Waals surface area (Å²) in [6, 6.07) is 11.7. The van der Waals surface area contributed by atoms with Crippen LogP contribution in [0.4, 0.5) is 0 Å². The monoisotopic (exact) mass is 395 g/mol. The number of amides is 1. The van der Waals surface area contributed by atoms with Crippen LogP contribution in [0.3, 0.4) is 0 Å². The molecule has 156 valence electrons. The summed E-state index contributed by atoms with van der Waals surface area (Å²) in [5.41, 5.74) is 4.42. The number of fused-ring (bicyclic) bond motifs is 1. The second-order valence-corrected chi connectivity index (χ2v) is 8.31. The van der Waals surface area contributed by atoms with Crippen molar-refractivity contribution in [1.29, 1.82) is 0 Å². The number of nitrogens with one attached hydrogen (secondary N) is 2. The molecule has 1 unspecified atom stereocenters. The van der Waals surface area contributed by atoms with Gasteiger partial charge in [0.1, 0.15) is 0 Å². The summed E-state index contributed by atoms with van der Waals surface area (Å²) in [5.74, 6) is -0.0664. The third-order valence-electron chi connectivity index (χ3n) is 6.40. The van der Waals surface area contributed by atoms with E-state index >= 15 is 0 Å². The maximum atomic E-state index is 12.3. The fourth-order valence-corrected chi connectivity index (χ4v) is 4.83. The van der Waals surface area contributed by atoms with Crippen molar-refractivity contribution in [3.63, 3.8) is 0 Å². The quantitative estimate of drug-likeness (QED) is 0.788. The van der Waals surface area contributed by atoms with E-state index in [1.807, 2.05) is 4.68 Å². The molecule has 0 spiro atoms. The Morgan fingerprint density at radius 1 is 1.14 bits per heavy atom. The molecule has 6 nitrogen and oxygen atoms in total. The van der Waals surface area contributed by atoms with Crippen molar-refractivity contribution < 1.29 is 4.79 Å². The van der Waals surface area contributed by atoms with Crippen LogP contribution in [0, 0.1) is 0 Å². The highest BCUT2D eigenvalue weighted by atomic mass is 16.1. The van der Waals surface area contributed by atoms with Crippen molar-refractivity contribution in [2.75, 3.05) is 20.1 Å². The molecule has 2 heterocycles. The SMILES string of the molecule is CCn1nc(C(=O)NC)c2c1CCC(NC1CCN(Cc3ccccc3)CC1)C2. The molecule has 1 aromatic heterocycles. The maximum Gasteiger partial charge on any atom is 0.271 e. The highest BCUT2D eigenvalue weighted by Gasteiger charge is 2.30. The van der Waals surface area contributed by atoms with E-state index in [1.54, 1.807) is 7.05 Å². The molecule has 0 radical (unpaired) electrons. The Hall–Kier alpha value is -2.18. The van der Waals surface area contributed by atoms with E-state index in [1.165, 1.54) is 24.1 Å². The number of hydrogen-bond acceptors (Lipinski definition) is 4. The van der Waals surface area contributed by atoms with Crippen LogP contribution in [0.15, 0.2) is 30.3 Å². The number of likely N-dealkylation sites (tertiary alicyclic amines) is 1. The zero-order valence-corrected chi connectivity index (χ0v) is 17.7. The van der Waals surface area contributed by atoms with Gasteiger partial charge in [0.15, 0.2) is 5.69 Å². The highest BCUT2D eigenvalue weighted by molar-refractivity contribution is 5.93. The van der Waals surface area contributed by atoms with Gasteiger partial charge in [0.2, 0.25) is 0 Å². The molecule has 1 fully saturated rings. The van der Waals surface area contributed by atoms with Crippen LogP contribution in [0.5, 0.6) is 0 Å². The van der Waals surface area contributed by atoms with E-state index in [2.05, 4.69) is 57.9 Å². The van der Waals surface area contributed by atoms with Gasteiger partial charge in [0, 0.05) is 43.5 Å². The van der Waals surface area contributed by atoms with Crippen LogP contribution in [-0.4, -0.2) is 52.8 Å². The van der Waals surface area contributed by atoms with Gasteiger partial charge in [0.05, 0.1) is 0 Å². The van der Waals surface area contributed by atoms with Gasteiger partial charge in [-0.3, -0.25) is 14.4 Å². The number of aryl methyl sites for hydroxylation is 1. The number of piperidine rings is 1. The minimum Gasteiger partial charge on any atom is -0.354 e. The van der Waals surface area contributed by atoms with Gasteiger partial charge in [-0.25, -0.2) is 0 Å². The Morgan fingerprint density at radius 3 is 2.59 bits per heavy atom. The summed E-state index contributed by atoms with van der Waals surface area (Å²) in [4.78, 5) is 14.8. The third-order valence-corrected chi connectivity index (χ3v) is 6.40. The first-order valence-electron chi connectivity index (χ1n) is 11.0. The molecular formula is C23H33N5O. The molecular weight excluding hydrogens is 362 g/mol. The molecule has 1 atom stereocenters. The number of rotatable bonds is 6. The summed E-state index contributed by atoms with van der Waals surface area (Å²) in [6.07, 6.45) is 5.40. The topological polar surface area (TPSA) is 62.2 Å². The standard InChI is InChI=1S/C23H33N5O/c1-3-28-21-10-9-19(15-20(21)22(26-28)23(29)24-2)25-18-11-13-27(14-12-18)16-17-7-5-4-6-8-17/h4-8,18-19,25H,3,9-16H2,1-2H3,(H,24,29). The normalized spacial score (nSPS) is 20.4. The lowest BCUT2D eigenvalue weighted by molar-refractivity contribution is 0.0956. The Labute approximate surface area is 173 Å².